The van der Waals surface area contributed by atoms with Crippen molar-refractivity contribution in [1.82, 2.24) is 4.98 Å². The molecular weight excluding hydrogens is 224 g/mol. The van der Waals surface area contributed by atoms with Gasteiger partial charge in [-0.25, -0.2) is 0 Å². The monoisotopic (exact) mass is 244 g/mol. The first-order chi connectivity index (χ1) is 8.47. The molecule has 2 N–H and O–H groups in total. The van der Waals surface area contributed by atoms with Gasteiger partial charge in [0.25, 0.3) is 0 Å². The van der Waals surface area contributed by atoms with Crippen molar-refractivity contribution in [3.63, 3.8) is 0 Å². The zero-order chi connectivity index (χ0) is 13.2. The number of anilines is 1. The van der Waals surface area contributed by atoms with Crippen molar-refractivity contribution in [2.24, 2.45) is 5.41 Å². The van der Waals surface area contributed by atoms with E-state index in [0.29, 0.717) is 12.3 Å². The standard InChI is InChI=1S/C15H20N2O/c1-15(2,3)8-9-18-14-11-6-4-5-7-13(11)17-10-12(14)16/h4-7,10H,8-9,16H2,1-3H3. The normalized spacial score (nSPS) is 11.7. The Morgan fingerprint density at radius 3 is 2.67 bits per heavy atom. The van der Waals surface area contributed by atoms with Crippen LogP contribution in [0.3, 0.4) is 0 Å². The molecule has 1 aromatic heterocycles. The van der Waals surface area contributed by atoms with E-state index >= 15 is 0 Å². The first-order valence-electron chi connectivity index (χ1n) is 6.23. The van der Waals surface area contributed by atoms with Crippen LogP contribution in [0.5, 0.6) is 5.75 Å². The Morgan fingerprint density at radius 1 is 1.22 bits per heavy atom. The average molecular weight is 244 g/mol. The highest BCUT2D eigenvalue weighted by molar-refractivity contribution is 5.89. The van der Waals surface area contributed by atoms with Crippen LogP contribution in [0.2, 0.25) is 0 Å². The van der Waals surface area contributed by atoms with Gasteiger partial charge in [-0.1, -0.05) is 32.9 Å². The van der Waals surface area contributed by atoms with Crippen LogP contribution in [0.15, 0.2) is 30.5 Å². The molecule has 96 valence electrons. The molecule has 3 heteroatoms. The van der Waals surface area contributed by atoms with Crippen LogP contribution in [-0.2, 0) is 0 Å². The van der Waals surface area contributed by atoms with Crippen LogP contribution in [0.4, 0.5) is 5.69 Å². The van der Waals surface area contributed by atoms with Gasteiger partial charge in [-0.3, -0.25) is 4.98 Å². The van der Waals surface area contributed by atoms with Gasteiger partial charge in [0.05, 0.1) is 24.0 Å². The van der Waals surface area contributed by atoms with Gasteiger partial charge in [-0.05, 0) is 24.0 Å². The zero-order valence-electron chi connectivity index (χ0n) is 11.2. The Morgan fingerprint density at radius 2 is 1.94 bits per heavy atom. The van der Waals surface area contributed by atoms with Crippen LogP contribution >= 0.6 is 0 Å². The number of nitrogen functional groups attached to an aromatic ring is 1. The molecule has 0 saturated carbocycles. The molecule has 18 heavy (non-hydrogen) atoms. The number of nitrogens with zero attached hydrogens (tertiary/aromatic N) is 1. The number of hydrogen-bond donors (Lipinski definition) is 1. The van der Waals surface area contributed by atoms with Crippen molar-refractivity contribution in [1.29, 1.82) is 0 Å². The molecule has 0 aliphatic rings. The summed E-state index contributed by atoms with van der Waals surface area (Å²) in [4.78, 5) is 4.29. The molecule has 0 bridgehead atoms. The SMILES string of the molecule is CC(C)(C)CCOc1c(N)cnc2ccccc12. The summed E-state index contributed by atoms with van der Waals surface area (Å²) in [5, 5.41) is 0.978. The summed E-state index contributed by atoms with van der Waals surface area (Å²) in [7, 11) is 0. The second kappa shape index (κ2) is 4.84. The molecule has 3 nitrogen and oxygen atoms in total. The Hall–Kier alpha value is -1.77. The molecule has 0 saturated heterocycles. The fourth-order valence-corrected chi connectivity index (χ4v) is 1.75. The summed E-state index contributed by atoms with van der Waals surface area (Å²) < 4.78 is 5.86. The Balaban J connectivity index is 2.24. The van der Waals surface area contributed by atoms with Gasteiger partial charge < -0.3 is 10.5 Å². The largest absolute Gasteiger partial charge is 0.491 e. The number of pyridine rings is 1. The molecule has 0 aliphatic carbocycles. The van der Waals surface area contributed by atoms with Crippen molar-refractivity contribution in [3.8, 4) is 5.75 Å². The van der Waals surface area contributed by atoms with Crippen LogP contribution in [-0.4, -0.2) is 11.6 Å². The summed E-state index contributed by atoms with van der Waals surface area (Å²) in [5.41, 5.74) is 7.72. The fourth-order valence-electron chi connectivity index (χ4n) is 1.75. The molecular formula is C15H20N2O. The first-order valence-corrected chi connectivity index (χ1v) is 6.23. The van der Waals surface area contributed by atoms with E-state index < -0.39 is 0 Å². The van der Waals surface area contributed by atoms with E-state index in [9.17, 15) is 0 Å². The number of benzene rings is 1. The van der Waals surface area contributed by atoms with Gasteiger partial charge >= 0.3 is 0 Å². The Labute approximate surface area is 108 Å². The lowest BCUT2D eigenvalue weighted by Gasteiger charge is -2.19. The maximum absolute atomic E-state index is 5.95. The maximum Gasteiger partial charge on any atom is 0.153 e. The van der Waals surface area contributed by atoms with Gasteiger partial charge in [-0.15, -0.1) is 0 Å². The molecule has 2 rings (SSSR count). The van der Waals surface area contributed by atoms with E-state index in [1.807, 2.05) is 24.3 Å². The maximum atomic E-state index is 5.95. The lowest BCUT2D eigenvalue weighted by molar-refractivity contribution is 0.246. The first kappa shape index (κ1) is 12.7. The van der Waals surface area contributed by atoms with E-state index in [4.69, 9.17) is 10.5 Å². The van der Waals surface area contributed by atoms with Crippen molar-refractivity contribution < 1.29 is 4.74 Å². The number of hydrogen-bond acceptors (Lipinski definition) is 3. The van der Waals surface area contributed by atoms with Gasteiger partial charge in [-0.2, -0.15) is 0 Å². The molecule has 0 spiro atoms. The zero-order valence-corrected chi connectivity index (χ0v) is 11.2. The number of aromatic nitrogens is 1. The van der Waals surface area contributed by atoms with Gasteiger partial charge in [0.15, 0.2) is 5.75 Å². The molecule has 0 fully saturated rings. The second-order valence-electron chi connectivity index (χ2n) is 5.72. The second-order valence-corrected chi connectivity index (χ2v) is 5.72. The van der Waals surface area contributed by atoms with Gasteiger partial charge in [0, 0.05) is 5.39 Å². The van der Waals surface area contributed by atoms with Crippen LogP contribution in [0.25, 0.3) is 10.9 Å². The number of fused-ring (bicyclic) bond motifs is 1. The van der Waals surface area contributed by atoms with Crippen molar-refractivity contribution in [2.45, 2.75) is 27.2 Å². The van der Waals surface area contributed by atoms with Crippen LogP contribution < -0.4 is 10.5 Å². The Bertz CT molecular complexity index is 544. The minimum Gasteiger partial charge on any atom is -0.491 e. The lowest BCUT2D eigenvalue weighted by Crippen LogP contribution is -2.12. The molecule has 0 radical (unpaired) electrons. The number of para-hydroxylation sites is 1. The highest BCUT2D eigenvalue weighted by Gasteiger charge is 2.12. The molecule has 0 unspecified atom stereocenters. The van der Waals surface area contributed by atoms with E-state index in [-0.39, 0.29) is 5.41 Å². The molecule has 1 heterocycles. The van der Waals surface area contributed by atoms with Gasteiger partial charge in [0.2, 0.25) is 0 Å². The molecule has 2 aromatic rings. The Kier molecular flexibility index (Phi) is 3.41. The van der Waals surface area contributed by atoms with Crippen molar-refractivity contribution in [3.05, 3.63) is 30.5 Å². The number of rotatable bonds is 3. The summed E-state index contributed by atoms with van der Waals surface area (Å²) in [5.74, 6) is 0.754. The minimum absolute atomic E-state index is 0.262. The van der Waals surface area contributed by atoms with Crippen molar-refractivity contribution >= 4 is 16.6 Å². The number of ether oxygens (including phenoxy) is 1. The highest BCUT2D eigenvalue weighted by Crippen LogP contribution is 2.30. The fraction of sp³-hybridized carbons (Fsp3) is 0.400. The summed E-state index contributed by atoms with van der Waals surface area (Å²) in [6.07, 6.45) is 2.65. The summed E-state index contributed by atoms with van der Waals surface area (Å²) in [6.45, 7) is 7.26. The highest BCUT2D eigenvalue weighted by atomic mass is 16.5. The average Bonchev–Trinajstić information content (AvgIpc) is 2.31. The van der Waals surface area contributed by atoms with Crippen LogP contribution in [0, 0.1) is 5.41 Å². The summed E-state index contributed by atoms with van der Waals surface area (Å²) in [6, 6.07) is 7.89. The quantitative estimate of drug-likeness (QED) is 0.896. The van der Waals surface area contributed by atoms with E-state index in [0.717, 1.165) is 23.1 Å². The minimum atomic E-state index is 0.262. The summed E-state index contributed by atoms with van der Waals surface area (Å²) >= 11 is 0. The van der Waals surface area contributed by atoms with Crippen molar-refractivity contribution in [2.75, 3.05) is 12.3 Å². The topological polar surface area (TPSA) is 48.1 Å². The lowest BCUT2D eigenvalue weighted by atomic mass is 9.93. The smallest absolute Gasteiger partial charge is 0.153 e. The van der Waals surface area contributed by atoms with E-state index in [1.165, 1.54) is 0 Å². The predicted octanol–water partition coefficient (Wildman–Crippen LogP) is 3.63. The molecule has 0 aliphatic heterocycles. The molecule has 0 atom stereocenters. The van der Waals surface area contributed by atoms with E-state index in [1.54, 1.807) is 6.20 Å². The third-order valence-corrected chi connectivity index (χ3v) is 2.85. The third kappa shape index (κ3) is 2.92. The number of nitrogens with two attached hydrogens (primary N) is 1. The van der Waals surface area contributed by atoms with Crippen LogP contribution in [0.1, 0.15) is 27.2 Å². The molecule has 1 aromatic carbocycles. The van der Waals surface area contributed by atoms with E-state index in [2.05, 4.69) is 25.8 Å². The molecule has 0 amide bonds. The predicted molar refractivity (Wildman–Crippen MR) is 75.7 cm³/mol. The van der Waals surface area contributed by atoms with Gasteiger partial charge in [0.1, 0.15) is 0 Å². The third-order valence-electron chi connectivity index (χ3n) is 2.85.